The van der Waals surface area contributed by atoms with E-state index in [0.29, 0.717) is 12.1 Å². The monoisotopic (exact) mass is 232 g/mol. The lowest BCUT2D eigenvalue weighted by Gasteiger charge is -2.22. The van der Waals surface area contributed by atoms with Crippen LogP contribution in [0.5, 0.6) is 0 Å². The van der Waals surface area contributed by atoms with Crippen molar-refractivity contribution in [3.05, 3.63) is 59.9 Å². The standard InChI is InChI=1S/C13H13FN2O/c1-13(17,8-11-4-2-3-7-15-11)12-6-5-10(14)9-16-12/h2-7,9,17H,8H2,1H3. The summed E-state index contributed by atoms with van der Waals surface area (Å²) in [5.41, 5.74) is 0.0513. The van der Waals surface area contributed by atoms with E-state index < -0.39 is 11.4 Å². The number of pyridine rings is 2. The average molecular weight is 232 g/mol. The fourth-order valence-electron chi connectivity index (χ4n) is 1.64. The maximum atomic E-state index is 12.7. The summed E-state index contributed by atoms with van der Waals surface area (Å²) in [6.45, 7) is 1.64. The molecule has 0 radical (unpaired) electrons. The van der Waals surface area contributed by atoms with Crippen molar-refractivity contribution in [2.75, 3.05) is 0 Å². The Morgan fingerprint density at radius 1 is 1.24 bits per heavy atom. The van der Waals surface area contributed by atoms with Gasteiger partial charge in [-0.25, -0.2) is 4.39 Å². The summed E-state index contributed by atoms with van der Waals surface area (Å²) in [4.78, 5) is 8.04. The summed E-state index contributed by atoms with van der Waals surface area (Å²) < 4.78 is 12.7. The summed E-state index contributed by atoms with van der Waals surface area (Å²) in [7, 11) is 0. The molecular formula is C13H13FN2O. The summed E-state index contributed by atoms with van der Waals surface area (Å²) in [5, 5.41) is 10.3. The van der Waals surface area contributed by atoms with Gasteiger partial charge in [-0.2, -0.15) is 0 Å². The van der Waals surface area contributed by atoms with Gasteiger partial charge in [-0.1, -0.05) is 6.07 Å². The predicted octanol–water partition coefficient (Wildman–Crippen LogP) is 2.07. The lowest BCUT2D eigenvalue weighted by atomic mass is 9.95. The molecule has 2 aromatic rings. The van der Waals surface area contributed by atoms with E-state index in [2.05, 4.69) is 9.97 Å². The van der Waals surface area contributed by atoms with Crippen LogP contribution in [0.4, 0.5) is 4.39 Å². The molecule has 0 amide bonds. The van der Waals surface area contributed by atoms with Crippen molar-refractivity contribution in [3.63, 3.8) is 0 Å². The van der Waals surface area contributed by atoms with Crippen LogP contribution in [-0.4, -0.2) is 15.1 Å². The minimum atomic E-state index is -1.15. The Labute approximate surface area is 99.0 Å². The molecule has 0 aliphatic carbocycles. The number of hydrogen-bond donors (Lipinski definition) is 1. The van der Waals surface area contributed by atoms with E-state index >= 15 is 0 Å². The fraction of sp³-hybridized carbons (Fsp3) is 0.231. The number of hydrogen-bond acceptors (Lipinski definition) is 3. The molecule has 0 saturated heterocycles. The third-order valence-corrected chi connectivity index (χ3v) is 2.53. The van der Waals surface area contributed by atoms with Crippen molar-refractivity contribution < 1.29 is 9.50 Å². The fourth-order valence-corrected chi connectivity index (χ4v) is 1.64. The van der Waals surface area contributed by atoms with Gasteiger partial charge in [0, 0.05) is 18.3 Å². The van der Waals surface area contributed by atoms with Crippen molar-refractivity contribution in [2.45, 2.75) is 18.9 Å². The highest BCUT2D eigenvalue weighted by molar-refractivity contribution is 5.17. The summed E-state index contributed by atoms with van der Waals surface area (Å²) in [5.74, 6) is -0.414. The van der Waals surface area contributed by atoms with E-state index in [1.54, 1.807) is 13.1 Å². The Balaban J connectivity index is 2.21. The molecule has 1 N–H and O–H groups in total. The van der Waals surface area contributed by atoms with Crippen molar-refractivity contribution in [3.8, 4) is 0 Å². The van der Waals surface area contributed by atoms with Crippen LogP contribution in [0, 0.1) is 5.82 Å². The van der Waals surface area contributed by atoms with E-state index in [-0.39, 0.29) is 0 Å². The molecule has 0 aliphatic heterocycles. The van der Waals surface area contributed by atoms with Gasteiger partial charge >= 0.3 is 0 Å². The molecule has 0 bridgehead atoms. The molecule has 0 aromatic carbocycles. The van der Waals surface area contributed by atoms with Gasteiger partial charge in [0.15, 0.2) is 0 Å². The van der Waals surface area contributed by atoms with Gasteiger partial charge < -0.3 is 5.11 Å². The van der Waals surface area contributed by atoms with Crippen molar-refractivity contribution >= 4 is 0 Å². The lowest BCUT2D eigenvalue weighted by Crippen LogP contribution is -2.26. The van der Waals surface area contributed by atoms with E-state index in [1.807, 2.05) is 18.2 Å². The Bertz CT molecular complexity index is 483. The Morgan fingerprint density at radius 3 is 2.65 bits per heavy atom. The van der Waals surface area contributed by atoms with Crippen molar-refractivity contribution in [1.82, 2.24) is 9.97 Å². The third kappa shape index (κ3) is 2.85. The molecule has 1 unspecified atom stereocenters. The second-order valence-corrected chi connectivity index (χ2v) is 4.13. The highest BCUT2D eigenvalue weighted by Crippen LogP contribution is 2.22. The van der Waals surface area contributed by atoms with Gasteiger partial charge in [-0.05, 0) is 31.2 Å². The van der Waals surface area contributed by atoms with Gasteiger partial charge in [-0.3, -0.25) is 9.97 Å². The number of aromatic nitrogens is 2. The zero-order chi connectivity index (χ0) is 12.3. The van der Waals surface area contributed by atoms with E-state index in [1.165, 1.54) is 12.1 Å². The van der Waals surface area contributed by atoms with E-state index in [0.717, 1.165) is 11.9 Å². The van der Waals surface area contributed by atoms with Crippen LogP contribution >= 0.6 is 0 Å². The molecule has 0 fully saturated rings. The van der Waals surface area contributed by atoms with Gasteiger partial charge in [-0.15, -0.1) is 0 Å². The van der Waals surface area contributed by atoms with Crippen molar-refractivity contribution in [1.29, 1.82) is 0 Å². The zero-order valence-corrected chi connectivity index (χ0v) is 9.47. The average Bonchev–Trinajstić information content (AvgIpc) is 2.30. The molecule has 0 aliphatic rings. The highest BCUT2D eigenvalue weighted by Gasteiger charge is 2.25. The second-order valence-electron chi connectivity index (χ2n) is 4.13. The minimum Gasteiger partial charge on any atom is -0.383 e. The van der Waals surface area contributed by atoms with Crippen LogP contribution in [-0.2, 0) is 12.0 Å². The number of rotatable bonds is 3. The van der Waals surface area contributed by atoms with Gasteiger partial charge in [0.2, 0.25) is 0 Å². The number of nitrogens with zero attached hydrogens (tertiary/aromatic N) is 2. The molecular weight excluding hydrogens is 219 g/mol. The molecule has 2 aromatic heterocycles. The van der Waals surface area contributed by atoms with Crippen LogP contribution in [0.25, 0.3) is 0 Å². The molecule has 2 heterocycles. The normalized spacial score (nSPS) is 14.3. The molecule has 0 saturated carbocycles. The maximum Gasteiger partial charge on any atom is 0.141 e. The van der Waals surface area contributed by atoms with Crippen LogP contribution < -0.4 is 0 Å². The second kappa shape index (κ2) is 4.59. The summed E-state index contributed by atoms with van der Waals surface area (Å²) in [6.07, 6.45) is 3.11. The first kappa shape index (κ1) is 11.7. The third-order valence-electron chi connectivity index (χ3n) is 2.53. The minimum absolute atomic E-state index is 0.340. The first-order valence-electron chi connectivity index (χ1n) is 5.32. The highest BCUT2D eigenvalue weighted by atomic mass is 19.1. The first-order chi connectivity index (χ1) is 8.08. The Hall–Kier alpha value is -1.81. The van der Waals surface area contributed by atoms with Crippen LogP contribution in [0.15, 0.2) is 42.7 Å². The van der Waals surface area contributed by atoms with Gasteiger partial charge in [0.1, 0.15) is 11.4 Å². The van der Waals surface area contributed by atoms with Crippen LogP contribution in [0.1, 0.15) is 18.3 Å². The van der Waals surface area contributed by atoms with E-state index in [9.17, 15) is 9.50 Å². The largest absolute Gasteiger partial charge is 0.383 e. The predicted molar refractivity (Wildman–Crippen MR) is 61.7 cm³/mol. The molecule has 2 rings (SSSR count). The van der Waals surface area contributed by atoms with Gasteiger partial charge in [0.05, 0.1) is 11.9 Å². The zero-order valence-electron chi connectivity index (χ0n) is 9.47. The Morgan fingerprint density at radius 2 is 2.06 bits per heavy atom. The molecule has 88 valence electrons. The smallest absolute Gasteiger partial charge is 0.141 e. The topological polar surface area (TPSA) is 46.0 Å². The Kier molecular flexibility index (Phi) is 3.15. The number of halogens is 1. The molecule has 4 heteroatoms. The summed E-state index contributed by atoms with van der Waals surface area (Å²) >= 11 is 0. The lowest BCUT2D eigenvalue weighted by molar-refractivity contribution is 0.0519. The quantitative estimate of drug-likeness (QED) is 0.881. The maximum absolute atomic E-state index is 12.7. The van der Waals surface area contributed by atoms with Crippen molar-refractivity contribution in [2.24, 2.45) is 0 Å². The van der Waals surface area contributed by atoms with Gasteiger partial charge in [0.25, 0.3) is 0 Å². The van der Waals surface area contributed by atoms with Crippen LogP contribution in [0.3, 0.4) is 0 Å². The number of aliphatic hydroxyl groups is 1. The first-order valence-corrected chi connectivity index (χ1v) is 5.32. The molecule has 17 heavy (non-hydrogen) atoms. The molecule has 3 nitrogen and oxygen atoms in total. The van der Waals surface area contributed by atoms with Crippen LogP contribution in [0.2, 0.25) is 0 Å². The SMILES string of the molecule is CC(O)(Cc1ccccn1)c1ccc(F)cn1. The molecule has 0 spiro atoms. The molecule has 1 atom stereocenters. The summed E-state index contributed by atoms with van der Waals surface area (Å²) in [6, 6.07) is 8.27. The van der Waals surface area contributed by atoms with E-state index in [4.69, 9.17) is 0 Å².